The van der Waals surface area contributed by atoms with Gasteiger partial charge in [-0.05, 0) is 42.3 Å². The Balaban J connectivity index is 1.93. The second kappa shape index (κ2) is 10.1. The fourth-order valence-electron chi connectivity index (χ4n) is 2.90. The molecule has 1 aromatic heterocycles. The lowest BCUT2D eigenvalue weighted by atomic mass is 10.1. The number of nitrogens with zero attached hydrogens (tertiary/aromatic N) is 3. The van der Waals surface area contributed by atoms with Crippen molar-refractivity contribution >= 4 is 46.7 Å². The highest BCUT2D eigenvalue weighted by atomic mass is 35.5. The molecule has 33 heavy (non-hydrogen) atoms. The summed E-state index contributed by atoms with van der Waals surface area (Å²) < 4.78 is 46.0. The average molecular weight is 500 g/mol. The first kappa shape index (κ1) is 24.4. The molecule has 0 saturated heterocycles. The van der Waals surface area contributed by atoms with E-state index < -0.39 is 23.6 Å². The van der Waals surface area contributed by atoms with Gasteiger partial charge in [0.2, 0.25) is 5.95 Å². The highest BCUT2D eigenvalue weighted by Crippen LogP contribution is 2.36. The number of hydrogen-bond donors (Lipinski definition) is 2. The molecule has 1 heterocycles. The number of benzene rings is 2. The third-order valence-corrected chi connectivity index (χ3v) is 5.29. The van der Waals surface area contributed by atoms with E-state index in [2.05, 4.69) is 15.3 Å². The smallest absolute Gasteiger partial charge is 0.421 e. The molecule has 0 aliphatic carbocycles. The lowest BCUT2D eigenvalue weighted by Crippen LogP contribution is -2.39. The van der Waals surface area contributed by atoms with Crippen LogP contribution < -0.4 is 20.7 Å². The number of nitrogens with two attached hydrogens (primary N) is 1. The number of halogens is 5. The fraction of sp³-hybridized carbons (Fsp3) is 0.190. The van der Waals surface area contributed by atoms with E-state index in [0.29, 0.717) is 22.7 Å². The van der Waals surface area contributed by atoms with E-state index in [0.717, 1.165) is 10.5 Å². The van der Waals surface area contributed by atoms with Crippen LogP contribution in [0.15, 0.2) is 48.7 Å². The lowest BCUT2D eigenvalue weighted by Gasteiger charge is -2.23. The van der Waals surface area contributed by atoms with Gasteiger partial charge in [-0.3, -0.25) is 4.90 Å². The molecule has 3 N–H and O–H groups in total. The van der Waals surface area contributed by atoms with Gasteiger partial charge in [0.25, 0.3) is 0 Å². The molecule has 2 aromatic carbocycles. The van der Waals surface area contributed by atoms with Crippen LogP contribution >= 0.6 is 23.2 Å². The number of methoxy groups -OCH3 is 1. The van der Waals surface area contributed by atoms with Crippen LogP contribution in [0.4, 0.5) is 35.4 Å². The summed E-state index contributed by atoms with van der Waals surface area (Å²) in [6, 6.07) is 10.3. The van der Waals surface area contributed by atoms with Gasteiger partial charge in [-0.15, -0.1) is 0 Å². The van der Waals surface area contributed by atoms with E-state index in [1.165, 1.54) is 19.2 Å². The first-order chi connectivity index (χ1) is 15.6. The Morgan fingerprint density at radius 2 is 1.85 bits per heavy atom. The van der Waals surface area contributed by atoms with Crippen molar-refractivity contribution in [1.29, 1.82) is 0 Å². The van der Waals surface area contributed by atoms with E-state index in [-0.39, 0.29) is 23.9 Å². The van der Waals surface area contributed by atoms with E-state index in [4.69, 9.17) is 33.7 Å². The van der Waals surface area contributed by atoms with Crippen LogP contribution in [-0.4, -0.2) is 29.7 Å². The summed E-state index contributed by atoms with van der Waals surface area (Å²) in [5.41, 5.74) is 5.37. The van der Waals surface area contributed by atoms with Crippen molar-refractivity contribution in [2.24, 2.45) is 5.73 Å². The van der Waals surface area contributed by atoms with Crippen LogP contribution in [0.25, 0.3) is 0 Å². The Morgan fingerprint density at radius 1 is 1.15 bits per heavy atom. The standard InChI is InChI=1S/C21H18Cl2F3N5O2/c1-33-14-5-2-12(3-6-14)8-9-31(19(27)32)18-15(21(24,25)26)11-28-20(30-18)29-13-4-7-16(22)17(23)10-13/h2-7,10-11H,8-9H2,1H3,(H2,27,32)(H,28,29,30). The number of rotatable bonds is 7. The van der Waals surface area contributed by atoms with Crippen LogP contribution in [0.3, 0.4) is 0 Å². The fourth-order valence-corrected chi connectivity index (χ4v) is 3.19. The van der Waals surface area contributed by atoms with Crippen molar-refractivity contribution in [1.82, 2.24) is 9.97 Å². The summed E-state index contributed by atoms with van der Waals surface area (Å²) >= 11 is 11.8. The van der Waals surface area contributed by atoms with E-state index in [1.807, 2.05) is 0 Å². The van der Waals surface area contributed by atoms with Gasteiger partial charge in [0.05, 0.1) is 17.2 Å². The first-order valence-electron chi connectivity index (χ1n) is 9.44. The molecule has 0 saturated carbocycles. The number of anilines is 3. The Bertz CT molecular complexity index is 1140. The molecule has 0 bridgehead atoms. The van der Waals surface area contributed by atoms with Crippen molar-refractivity contribution in [3.63, 3.8) is 0 Å². The number of primary amides is 1. The Kier molecular flexibility index (Phi) is 7.50. The number of amides is 2. The number of ether oxygens (including phenoxy) is 1. The lowest BCUT2D eigenvalue weighted by molar-refractivity contribution is -0.137. The number of urea groups is 1. The summed E-state index contributed by atoms with van der Waals surface area (Å²) in [6.07, 6.45) is -4.00. The normalized spacial score (nSPS) is 11.2. The highest BCUT2D eigenvalue weighted by molar-refractivity contribution is 6.42. The van der Waals surface area contributed by atoms with E-state index in [1.54, 1.807) is 30.3 Å². The molecule has 2 amide bonds. The number of nitrogens with one attached hydrogen (secondary N) is 1. The molecule has 3 aromatic rings. The summed E-state index contributed by atoms with van der Waals surface area (Å²) in [5.74, 6) is -0.230. The minimum absolute atomic E-state index is 0.145. The van der Waals surface area contributed by atoms with Crippen LogP contribution in [0.2, 0.25) is 10.0 Å². The molecule has 0 radical (unpaired) electrons. The van der Waals surface area contributed by atoms with Crippen LogP contribution in [0.1, 0.15) is 11.1 Å². The van der Waals surface area contributed by atoms with Crippen molar-refractivity contribution in [2.45, 2.75) is 12.6 Å². The van der Waals surface area contributed by atoms with Crippen LogP contribution in [0, 0.1) is 0 Å². The average Bonchev–Trinajstić information content (AvgIpc) is 2.76. The zero-order chi connectivity index (χ0) is 24.2. The Hall–Kier alpha value is -3.24. The summed E-state index contributed by atoms with van der Waals surface area (Å²) in [7, 11) is 1.52. The van der Waals surface area contributed by atoms with Crippen LogP contribution in [-0.2, 0) is 12.6 Å². The van der Waals surface area contributed by atoms with E-state index >= 15 is 0 Å². The maximum absolute atomic E-state index is 13.6. The molecule has 0 atom stereocenters. The SMILES string of the molecule is COc1ccc(CCN(C(N)=O)c2nc(Nc3ccc(Cl)c(Cl)c3)ncc2C(F)(F)F)cc1. The van der Waals surface area contributed by atoms with Gasteiger partial charge < -0.3 is 15.8 Å². The number of hydrogen-bond acceptors (Lipinski definition) is 5. The molecule has 0 unspecified atom stereocenters. The van der Waals surface area contributed by atoms with Crippen molar-refractivity contribution in [3.05, 3.63) is 69.8 Å². The Labute approximate surface area is 197 Å². The molecule has 174 valence electrons. The summed E-state index contributed by atoms with van der Waals surface area (Å²) in [4.78, 5) is 20.5. The highest BCUT2D eigenvalue weighted by Gasteiger charge is 2.38. The zero-order valence-corrected chi connectivity index (χ0v) is 18.7. The number of carbonyl (C=O) groups excluding carboxylic acids is 1. The van der Waals surface area contributed by atoms with Crippen LogP contribution in [0.5, 0.6) is 5.75 Å². The van der Waals surface area contributed by atoms with Gasteiger partial charge in [0.15, 0.2) is 5.82 Å². The predicted octanol–water partition coefficient (Wildman–Crippen LogP) is 5.68. The van der Waals surface area contributed by atoms with Crippen molar-refractivity contribution in [2.75, 3.05) is 23.9 Å². The maximum atomic E-state index is 13.6. The molecular formula is C21H18Cl2F3N5O2. The third kappa shape index (κ3) is 6.17. The third-order valence-electron chi connectivity index (χ3n) is 4.55. The minimum Gasteiger partial charge on any atom is -0.497 e. The molecule has 0 spiro atoms. The molecule has 12 heteroatoms. The predicted molar refractivity (Wildman–Crippen MR) is 120 cm³/mol. The monoisotopic (exact) mass is 499 g/mol. The Morgan fingerprint density at radius 3 is 2.42 bits per heavy atom. The van der Waals surface area contributed by atoms with Gasteiger partial charge >= 0.3 is 12.2 Å². The molecule has 0 aliphatic heterocycles. The summed E-state index contributed by atoms with van der Waals surface area (Å²) in [5, 5.41) is 3.28. The number of alkyl halides is 3. The molecule has 3 rings (SSSR count). The second-order valence-corrected chi connectivity index (χ2v) is 7.58. The second-order valence-electron chi connectivity index (χ2n) is 6.77. The number of carbonyl (C=O) groups is 1. The minimum atomic E-state index is -4.81. The van der Waals surface area contributed by atoms with Crippen molar-refractivity contribution < 1.29 is 22.7 Å². The van der Waals surface area contributed by atoms with Gasteiger partial charge in [-0.1, -0.05) is 35.3 Å². The van der Waals surface area contributed by atoms with Gasteiger partial charge in [-0.25, -0.2) is 9.78 Å². The molecule has 0 aliphatic rings. The molecule has 0 fully saturated rings. The molecular weight excluding hydrogens is 482 g/mol. The van der Waals surface area contributed by atoms with Gasteiger partial charge in [0, 0.05) is 18.4 Å². The quantitative estimate of drug-likeness (QED) is 0.435. The van der Waals surface area contributed by atoms with Crippen molar-refractivity contribution in [3.8, 4) is 5.75 Å². The first-order valence-corrected chi connectivity index (χ1v) is 10.2. The zero-order valence-electron chi connectivity index (χ0n) is 17.2. The number of aromatic nitrogens is 2. The maximum Gasteiger partial charge on any atom is 0.421 e. The summed E-state index contributed by atoms with van der Waals surface area (Å²) in [6.45, 7) is -0.145. The largest absolute Gasteiger partial charge is 0.497 e. The van der Waals surface area contributed by atoms with E-state index in [9.17, 15) is 18.0 Å². The molecule has 7 nitrogen and oxygen atoms in total. The van der Waals surface area contributed by atoms with Gasteiger partial charge in [0.1, 0.15) is 11.3 Å². The van der Waals surface area contributed by atoms with Gasteiger partial charge in [-0.2, -0.15) is 18.2 Å². The topological polar surface area (TPSA) is 93.4 Å².